The van der Waals surface area contributed by atoms with Crippen LogP contribution < -0.4 is 5.73 Å². The van der Waals surface area contributed by atoms with E-state index in [0.717, 1.165) is 36.1 Å². The fourth-order valence-electron chi connectivity index (χ4n) is 3.70. The van der Waals surface area contributed by atoms with Crippen LogP contribution in [0.2, 0.25) is 0 Å². The number of esters is 1. The number of hydrogen-bond acceptors (Lipinski definition) is 5. The van der Waals surface area contributed by atoms with Gasteiger partial charge in [-0.25, -0.2) is 4.98 Å². The predicted octanol–water partition coefficient (Wildman–Crippen LogP) is 6.45. The minimum absolute atomic E-state index is 0.285. The first-order valence-corrected chi connectivity index (χ1v) is 12.2. The zero-order valence-corrected chi connectivity index (χ0v) is 21.7. The topological polar surface area (TPSA) is 77.6 Å². The molecule has 186 valence electrons. The average Bonchev–Trinajstić information content (AvgIpc) is 3.47. The van der Waals surface area contributed by atoms with Crippen LogP contribution in [-0.4, -0.2) is 27.8 Å². The van der Waals surface area contributed by atoms with Gasteiger partial charge >= 0.3 is 5.97 Å². The molecule has 1 aromatic rings. The summed E-state index contributed by atoms with van der Waals surface area (Å²) in [5.41, 5.74) is 9.03. The molecule has 0 amide bonds. The maximum Gasteiger partial charge on any atom is 0.311 e. The van der Waals surface area contributed by atoms with Crippen molar-refractivity contribution in [2.75, 3.05) is 0 Å². The Hall–Kier alpha value is -2.60. The number of carbonyl (C=O) groups is 1. The smallest absolute Gasteiger partial charge is 0.311 e. The molecular formula is C28H40FN3O2. The molecule has 1 heterocycles. The monoisotopic (exact) mass is 469 g/mol. The van der Waals surface area contributed by atoms with Crippen LogP contribution in [0.25, 0.3) is 0 Å². The van der Waals surface area contributed by atoms with E-state index in [1.54, 1.807) is 12.1 Å². The highest BCUT2D eigenvalue weighted by Crippen LogP contribution is 2.49. The molecule has 0 aromatic carbocycles. The van der Waals surface area contributed by atoms with Crippen LogP contribution >= 0.6 is 0 Å². The van der Waals surface area contributed by atoms with Gasteiger partial charge in [0.15, 0.2) is 0 Å². The van der Waals surface area contributed by atoms with Crippen molar-refractivity contribution in [3.63, 3.8) is 0 Å². The molecule has 0 saturated heterocycles. The van der Waals surface area contributed by atoms with Gasteiger partial charge in [-0.1, -0.05) is 32.4 Å². The Morgan fingerprint density at radius 2 is 2.09 bits per heavy atom. The minimum atomic E-state index is -0.813. The standard InChI is InChI=1S/C28H40FN3O2/c1-8-11-15-23(21-14-12-16-31-25(21)29)32-24(19(4)10-3)17-20(13-9-2)28(30)18-22(28)26(33)34-27(5,6)7/h9,12-14,16-17,22H,8,10-11,15,18,30H2,1-7H3/b13-9?,20-17+,24-19-,32-23?. The fraction of sp³-hybridized carbons (Fsp3) is 0.536. The van der Waals surface area contributed by atoms with Gasteiger partial charge in [-0.3, -0.25) is 9.79 Å². The minimum Gasteiger partial charge on any atom is -0.460 e. The number of nitrogens with zero attached hydrogens (tertiary/aromatic N) is 2. The number of aromatic nitrogens is 1. The number of unbranched alkanes of at least 4 members (excludes halogenated alkanes) is 1. The summed E-state index contributed by atoms with van der Waals surface area (Å²) in [5.74, 6) is -1.21. The number of aliphatic imine (C=N–C) groups is 1. The SMILES string of the molecule is CC=C/C(=C\C(N=C(CCCC)c1cccnc1F)=C(/C)CC)C1(N)CC1C(=O)OC(C)(C)C. The van der Waals surface area contributed by atoms with Crippen LogP contribution in [0.1, 0.15) is 86.1 Å². The molecule has 2 atom stereocenters. The third kappa shape index (κ3) is 7.20. The quantitative estimate of drug-likeness (QED) is 0.185. The number of ether oxygens (including phenoxy) is 1. The van der Waals surface area contributed by atoms with Gasteiger partial charge in [0.2, 0.25) is 5.95 Å². The number of pyridine rings is 1. The first kappa shape index (κ1) is 27.6. The Morgan fingerprint density at radius 1 is 1.38 bits per heavy atom. The first-order valence-electron chi connectivity index (χ1n) is 12.2. The van der Waals surface area contributed by atoms with E-state index in [-0.39, 0.29) is 5.97 Å². The molecule has 0 spiro atoms. The lowest BCUT2D eigenvalue weighted by atomic mass is 9.99. The van der Waals surface area contributed by atoms with E-state index < -0.39 is 23.0 Å². The van der Waals surface area contributed by atoms with E-state index in [9.17, 15) is 9.18 Å². The van der Waals surface area contributed by atoms with Gasteiger partial charge < -0.3 is 10.5 Å². The van der Waals surface area contributed by atoms with Gasteiger partial charge in [-0.2, -0.15) is 4.39 Å². The van der Waals surface area contributed by atoms with E-state index in [1.807, 2.05) is 52.8 Å². The summed E-state index contributed by atoms with van der Waals surface area (Å²) >= 11 is 0. The summed E-state index contributed by atoms with van der Waals surface area (Å²) in [6, 6.07) is 3.44. The molecule has 1 aromatic heterocycles. The summed E-state index contributed by atoms with van der Waals surface area (Å²) < 4.78 is 20.1. The van der Waals surface area contributed by atoms with Gasteiger partial charge in [-0.05, 0) is 89.7 Å². The molecule has 0 bridgehead atoms. The Kier molecular flexibility index (Phi) is 9.51. The lowest BCUT2D eigenvalue weighted by molar-refractivity contribution is -0.156. The van der Waals surface area contributed by atoms with Crippen LogP contribution in [0.3, 0.4) is 0 Å². The zero-order valence-electron chi connectivity index (χ0n) is 21.7. The average molecular weight is 470 g/mol. The number of carbonyl (C=O) groups excluding carboxylic acids is 1. The molecule has 1 aliphatic carbocycles. The Labute approximate surface area is 204 Å². The maximum atomic E-state index is 14.6. The second-order valence-electron chi connectivity index (χ2n) is 9.95. The van der Waals surface area contributed by atoms with Crippen LogP contribution in [0.5, 0.6) is 0 Å². The summed E-state index contributed by atoms with van der Waals surface area (Å²) in [6.07, 6.45) is 11.0. The van der Waals surface area contributed by atoms with Crippen molar-refractivity contribution in [2.24, 2.45) is 16.6 Å². The Balaban J connectivity index is 2.53. The highest BCUT2D eigenvalue weighted by Gasteiger charge is 2.58. The highest BCUT2D eigenvalue weighted by molar-refractivity contribution is 6.01. The van der Waals surface area contributed by atoms with Crippen molar-refractivity contribution in [3.8, 4) is 0 Å². The summed E-state index contributed by atoms with van der Waals surface area (Å²) in [5, 5.41) is 0. The molecule has 2 N–H and O–H groups in total. The summed E-state index contributed by atoms with van der Waals surface area (Å²) in [4.78, 5) is 21.5. The molecule has 1 aliphatic rings. The predicted molar refractivity (Wildman–Crippen MR) is 137 cm³/mol. The van der Waals surface area contributed by atoms with E-state index in [1.165, 1.54) is 6.20 Å². The summed E-state index contributed by atoms with van der Waals surface area (Å²) in [7, 11) is 0. The van der Waals surface area contributed by atoms with Crippen LogP contribution in [0.4, 0.5) is 4.39 Å². The Bertz CT molecular complexity index is 1000. The molecule has 0 aliphatic heterocycles. The number of allylic oxidation sites excluding steroid dienone is 3. The van der Waals surface area contributed by atoms with Crippen molar-refractivity contribution in [1.82, 2.24) is 4.98 Å². The van der Waals surface area contributed by atoms with Crippen molar-refractivity contribution >= 4 is 11.7 Å². The first-order chi connectivity index (χ1) is 16.0. The lowest BCUT2D eigenvalue weighted by Gasteiger charge is -2.21. The third-order valence-electron chi connectivity index (χ3n) is 5.93. The van der Waals surface area contributed by atoms with Gasteiger partial charge in [0.25, 0.3) is 0 Å². The second-order valence-corrected chi connectivity index (χ2v) is 9.95. The van der Waals surface area contributed by atoms with Crippen LogP contribution in [0.15, 0.2) is 58.4 Å². The molecule has 1 saturated carbocycles. The van der Waals surface area contributed by atoms with Crippen molar-refractivity contribution < 1.29 is 13.9 Å². The van der Waals surface area contributed by atoms with Gasteiger partial charge in [0.1, 0.15) is 5.60 Å². The molecule has 1 fully saturated rings. The van der Waals surface area contributed by atoms with Gasteiger partial charge in [0, 0.05) is 6.20 Å². The molecule has 6 heteroatoms. The number of hydrogen-bond donors (Lipinski definition) is 1. The molecular weight excluding hydrogens is 429 g/mol. The lowest BCUT2D eigenvalue weighted by Crippen LogP contribution is -2.33. The van der Waals surface area contributed by atoms with Crippen molar-refractivity contribution in [3.05, 3.63) is 64.9 Å². The van der Waals surface area contributed by atoms with Crippen LogP contribution in [0, 0.1) is 11.9 Å². The van der Waals surface area contributed by atoms with Crippen molar-refractivity contribution in [1.29, 1.82) is 0 Å². The molecule has 34 heavy (non-hydrogen) atoms. The molecule has 0 radical (unpaired) electrons. The van der Waals surface area contributed by atoms with Crippen molar-refractivity contribution in [2.45, 2.75) is 91.7 Å². The highest BCUT2D eigenvalue weighted by atomic mass is 19.1. The van der Waals surface area contributed by atoms with Gasteiger partial charge in [0.05, 0.1) is 28.4 Å². The molecule has 5 nitrogen and oxygen atoms in total. The van der Waals surface area contributed by atoms with E-state index in [0.29, 0.717) is 24.1 Å². The zero-order chi connectivity index (χ0) is 25.5. The van der Waals surface area contributed by atoms with E-state index >= 15 is 0 Å². The van der Waals surface area contributed by atoms with Crippen LogP contribution in [-0.2, 0) is 9.53 Å². The molecule has 2 unspecified atom stereocenters. The third-order valence-corrected chi connectivity index (χ3v) is 5.93. The fourth-order valence-corrected chi connectivity index (χ4v) is 3.70. The Morgan fingerprint density at radius 3 is 2.65 bits per heavy atom. The number of nitrogens with two attached hydrogens (primary N) is 1. The largest absolute Gasteiger partial charge is 0.460 e. The second kappa shape index (κ2) is 11.7. The maximum absolute atomic E-state index is 14.6. The van der Waals surface area contributed by atoms with Gasteiger partial charge in [-0.15, -0.1) is 0 Å². The number of halogens is 1. The normalized spacial score (nSPS) is 22.1. The molecule has 2 rings (SSSR count). The van der Waals surface area contributed by atoms with E-state index in [2.05, 4.69) is 18.8 Å². The summed E-state index contributed by atoms with van der Waals surface area (Å²) in [6.45, 7) is 13.6. The number of rotatable bonds is 10. The van der Waals surface area contributed by atoms with E-state index in [4.69, 9.17) is 15.5 Å².